The van der Waals surface area contributed by atoms with Gasteiger partial charge in [0.25, 0.3) is 0 Å². The molecule has 3 rings (SSSR count). The van der Waals surface area contributed by atoms with E-state index in [1.54, 1.807) is 36.4 Å². The third kappa shape index (κ3) is 6.09. The van der Waals surface area contributed by atoms with Crippen LogP contribution in [0.5, 0.6) is 0 Å². The number of halogens is 3. The van der Waals surface area contributed by atoms with Gasteiger partial charge < -0.3 is 10.2 Å². The highest BCUT2D eigenvalue weighted by atomic mass is 35.5. The first-order valence-corrected chi connectivity index (χ1v) is 10.9. The molecule has 166 valence electrons. The molecule has 0 bridgehead atoms. The Labute approximate surface area is 197 Å². The van der Waals surface area contributed by atoms with Gasteiger partial charge in [0.05, 0.1) is 16.5 Å². The van der Waals surface area contributed by atoms with Crippen molar-refractivity contribution in [3.05, 3.63) is 105 Å². The van der Waals surface area contributed by atoms with Crippen LogP contribution in [-0.4, -0.2) is 29.8 Å². The Hall–Kier alpha value is -2.89. The molecule has 0 aliphatic heterocycles. The van der Waals surface area contributed by atoms with Crippen LogP contribution in [0.1, 0.15) is 16.7 Å². The van der Waals surface area contributed by atoms with Crippen LogP contribution in [-0.2, 0) is 29.0 Å². The van der Waals surface area contributed by atoms with Crippen LogP contribution in [0.3, 0.4) is 0 Å². The van der Waals surface area contributed by atoms with Crippen molar-refractivity contribution in [1.29, 1.82) is 0 Å². The summed E-state index contributed by atoms with van der Waals surface area (Å²) in [6.07, 6.45) is 0.287. The number of rotatable bonds is 8. The molecule has 0 fully saturated rings. The normalized spacial score (nSPS) is 11.6. The summed E-state index contributed by atoms with van der Waals surface area (Å²) in [5, 5.41) is 3.36. The average Bonchev–Trinajstić information content (AvgIpc) is 2.80. The van der Waals surface area contributed by atoms with Gasteiger partial charge in [0, 0.05) is 25.6 Å². The Morgan fingerprint density at radius 3 is 2.28 bits per heavy atom. The Morgan fingerprint density at radius 1 is 0.938 bits per heavy atom. The van der Waals surface area contributed by atoms with Crippen LogP contribution < -0.4 is 5.32 Å². The quantitative estimate of drug-likeness (QED) is 0.497. The summed E-state index contributed by atoms with van der Waals surface area (Å²) in [5.74, 6) is -1.08. The number of hydrogen-bond acceptors (Lipinski definition) is 2. The van der Waals surface area contributed by atoms with Crippen molar-refractivity contribution >= 4 is 35.0 Å². The molecule has 0 saturated heterocycles. The first-order valence-electron chi connectivity index (χ1n) is 10.1. The van der Waals surface area contributed by atoms with Crippen molar-refractivity contribution in [3.63, 3.8) is 0 Å². The molecule has 0 aliphatic carbocycles. The van der Waals surface area contributed by atoms with Gasteiger partial charge in [0.1, 0.15) is 11.9 Å². The van der Waals surface area contributed by atoms with Crippen molar-refractivity contribution in [2.45, 2.75) is 25.4 Å². The molecule has 1 atom stereocenters. The Balaban J connectivity index is 1.96. The minimum Gasteiger partial charge on any atom is -0.357 e. The monoisotopic (exact) mass is 472 g/mol. The summed E-state index contributed by atoms with van der Waals surface area (Å²) in [7, 11) is 1.52. The lowest BCUT2D eigenvalue weighted by molar-refractivity contribution is -0.140. The fourth-order valence-electron chi connectivity index (χ4n) is 3.46. The van der Waals surface area contributed by atoms with E-state index in [-0.39, 0.29) is 24.8 Å². The Kier molecular flexibility index (Phi) is 8.26. The molecule has 0 heterocycles. The first-order chi connectivity index (χ1) is 15.4. The molecular weight excluding hydrogens is 450 g/mol. The van der Waals surface area contributed by atoms with Gasteiger partial charge in [-0.25, -0.2) is 4.39 Å². The van der Waals surface area contributed by atoms with Crippen LogP contribution in [0.4, 0.5) is 4.39 Å². The standard InChI is InChI=1S/C25H23Cl2FN2O2/c1-29-25(32)23(14-17-7-3-2-4-8-17)30(16-19-9-5-6-10-22(19)28)24(31)15-18-11-12-20(26)21(27)13-18/h2-13,23H,14-16H2,1H3,(H,29,32)/t23-/m1/s1. The van der Waals surface area contributed by atoms with Crippen LogP contribution >= 0.6 is 23.2 Å². The fourth-order valence-corrected chi connectivity index (χ4v) is 3.78. The lowest BCUT2D eigenvalue weighted by Crippen LogP contribution is -2.50. The second-order valence-corrected chi connectivity index (χ2v) is 8.17. The Bertz CT molecular complexity index is 1090. The number of benzene rings is 3. The molecule has 0 spiro atoms. The highest BCUT2D eigenvalue weighted by Gasteiger charge is 2.30. The van der Waals surface area contributed by atoms with Gasteiger partial charge in [-0.05, 0) is 29.3 Å². The van der Waals surface area contributed by atoms with E-state index >= 15 is 0 Å². The predicted molar refractivity (Wildman–Crippen MR) is 125 cm³/mol. The predicted octanol–water partition coefficient (Wildman–Crippen LogP) is 5.06. The SMILES string of the molecule is CNC(=O)[C@@H](Cc1ccccc1)N(Cc1ccccc1F)C(=O)Cc1ccc(Cl)c(Cl)c1. The number of amides is 2. The number of likely N-dealkylation sites (N-methyl/N-ethyl adjacent to an activating group) is 1. The molecule has 3 aromatic rings. The molecule has 2 amide bonds. The topological polar surface area (TPSA) is 49.4 Å². The minimum absolute atomic E-state index is 0.00632. The summed E-state index contributed by atoms with van der Waals surface area (Å²) < 4.78 is 14.4. The van der Waals surface area contributed by atoms with E-state index < -0.39 is 11.9 Å². The smallest absolute Gasteiger partial charge is 0.242 e. The summed E-state index contributed by atoms with van der Waals surface area (Å²) >= 11 is 12.1. The maximum atomic E-state index is 14.4. The van der Waals surface area contributed by atoms with E-state index in [1.807, 2.05) is 30.3 Å². The third-order valence-corrected chi connectivity index (χ3v) is 5.89. The van der Waals surface area contributed by atoms with E-state index in [0.29, 0.717) is 27.6 Å². The van der Waals surface area contributed by atoms with Crippen molar-refractivity contribution in [3.8, 4) is 0 Å². The number of nitrogens with one attached hydrogen (secondary N) is 1. The highest BCUT2D eigenvalue weighted by Crippen LogP contribution is 2.24. The molecular formula is C25H23Cl2FN2O2. The van der Waals surface area contributed by atoms with Gasteiger partial charge in [-0.2, -0.15) is 0 Å². The van der Waals surface area contributed by atoms with Crippen LogP contribution in [0.15, 0.2) is 72.8 Å². The van der Waals surface area contributed by atoms with Gasteiger partial charge in [-0.3, -0.25) is 9.59 Å². The molecule has 7 heteroatoms. The van der Waals surface area contributed by atoms with Gasteiger partial charge >= 0.3 is 0 Å². The van der Waals surface area contributed by atoms with E-state index in [1.165, 1.54) is 18.0 Å². The molecule has 1 N–H and O–H groups in total. The maximum Gasteiger partial charge on any atom is 0.242 e. The van der Waals surface area contributed by atoms with E-state index in [4.69, 9.17) is 23.2 Å². The summed E-state index contributed by atoms with van der Waals surface area (Å²) in [5.41, 5.74) is 1.87. The number of hydrogen-bond donors (Lipinski definition) is 1. The number of carbonyl (C=O) groups excluding carboxylic acids is 2. The largest absolute Gasteiger partial charge is 0.357 e. The third-order valence-electron chi connectivity index (χ3n) is 5.16. The Morgan fingerprint density at radius 2 is 1.62 bits per heavy atom. The zero-order chi connectivity index (χ0) is 23.1. The van der Waals surface area contributed by atoms with Crippen molar-refractivity contribution in [2.75, 3.05) is 7.05 Å². The molecule has 4 nitrogen and oxygen atoms in total. The molecule has 3 aromatic carbocycles. The van der Waals surface area contributed by atoms with Crippen molar-refractivity contribution < 1.29 is 14.0 Å². The van der Waals surface area contributed by atoms with Crippen LogP contribution in [0.25, 0.3) is 0 Å². The summed E-state index contributed by atoms with van der Waals surface area (Å²) in [6, 6.07) is 19.8. The highest BCUT2D eigenvalue weighted by molar-refractivity contribution is 6.42. The second-order valence-electron chi connectivity index (χ2n) is 7.36. The maximum absolute atomic E-state index is 14.4. The molecule has 0 radical (unpaired) electrons. The zero-order valence-corrected chi connectivity index (χ0v) is 19.0. The van der Waals surface area contributed by atoms with E-state index in [2.05, 4.69) is 5.32 Å². The lowest BCUT2D eigenvalue weighted by atomic mass is 10.0. The van der Waals surface area contributed by atoms with Crippen molar-refractivity contribution in [2.24, 2.45) is 0 Å². The van der Waals surface area contributed by atoms with Gasteiger partial charge in [0.15, 0.2) is 0 Å². The molecule has 0 unspecified atom stereocenters. The van der Waals surface area contributed by atoms with Crippen LogP contribution in [0.2, 0.25) is 10.0 Å². The van der Waals surface area contributed by atoms with Gasteiger partial charge in [-0.1, -0.05) is 77.8 Å². The number of nitrogens with zero attached hydrogens (tertiary/aromatic N) is 1. The molecule has 0 aromatic heterocycles. The van der Waals surface area contributed by atoms with E-state index in [0.717, 1.165) is 5.56 Å². The summed E-state index contributed by atoms with van der Waals surface area (Å²) in [6.45, 7) is -0.0439. The molecule has 32 heavy (non-hydrogen) atoms. The molecule has 0 aliphatic rings. The minimum atomic E-state index is -0.822. The molecule has 0 saturated carbocycles. The fraction of sp³-hybridized carbons (Fsp3) is 0.200. The zero-order valence-electron chi connectivity index (χ0n) is 17.5. The average molecular weight is 473 g/mol. The first kappa shape index (κ1) is 23.8. The second kappa shape index (κ2) is 11.1. The van der Waals surface area contributed by atoms with Crippen molar-refractivity contribution in [1.82, 2.24) is 10.2 Å². The van der Waals surface area contributed by atoms with Gasteiger partial charge in [-0.15, -0.1) is 0 Å². The van der Waals surface area contributed by atoms with Crippen LogP contribution in [0, 0.1) is 5.82 Å². The van der Waals surface area contributed by atoms with Gasteiger partial charge in [0.2, 0.25) is 11.8 Å². The summed E-state index contributed by atoms with van der Waals surface area (Å²) in [4.78, 5) is 27.7. The van der Waals surface area contributed by atoms with E-state index in [9.17, 15) is 14.0 Å². The number of carbonyl (C=O) groups is 2. The lowest BCUT2D eigenvalue weighted by Gasteiger charge is -2.31.